The van der Waals surface area contributed by atoms with Crippen LogP contribution in [0, 0.1) is 11.6 Å². The van der Waals surface area contributed by atoms with E-state index in [1.165, 1.54) is 25.3 Å². The third kappa shape index (κ3) is 3.17. The number of para-hydroxylation sites is 2. The Morgan fingerprint density at radius 2 is 1.83 bits per heavy atom. The van der Waals surface area contributed by atoms with Crippen LogP contribution < -0.4 is 5.32 Å². The van der Waals surface area contributed by atoms with Crippen molar-refractivity contribution in [1.82, 2.24) is 4.98 Å². The Labute approximate surface area is 137 Å². The number of halogens is 2. The van der Waals surface area contributed by atoms with E-state index < -0.39 is 17.6 Å². The van der Waals surface area contributed by atoms with Crippen molar-refractivity contribution in [2.45, 2.75) is 6.42 Å². The summed E-state index contributed by atoms with van der Waals surface area (Å²) in [6.45, 7) is 0. The molecule has 2 aromatic carbocycles. The highest BCUT2D eigenvalue weighted by Crippen LogP contribution is 2.29. The number of hydrogen-bond acceptors (Lipinski definition) is 4. The molecule has 1 N–H and O–H groups in total. The van der Waals surface area contributed by atoms with Gasteiger partial charge in [-0.1, -0.05) is 24.3 Å². The maximum absolute atomic E-state index is 13.9. The smallest absolute Gasteiger partial charge is 0.311 e. The number of aromatic nitrogens is 1. The second-order valence-electron chi connectivity index (χ2n) is 5.15. The van der Waals surface area contributed by atoms with Crippen molar-refractivity contribution in [1.29, 1.82) is 0 Å². The van der Waals surface area contributed by atoms with Gasteiger partial charge in [-0.25, -0.2) is 8.78 Å². The minimum absolute atomic E-state index is 0.0320. The second kappa shape index (κ2) is 6.62. The number of rotatable bonds is 4. The summed E-state index contributed by atoms with van der Waals surface area (Å²) in [5.74, 6) is -1.85. The van der Waals surface area contributed by atoms with Crippen molar-refractivity contribution in [2.75, 3.05) is 12.4 Å². The minimum atomic E-state index is -0.703. The number of nitrogens with zero attached hydrogens (tertiary/aromatic N) is 1. The van der Waals surface area contributed by atoms with Gasteiger partial charge in [-0.3, -0.25) is 9.78 Å². The number of esters is 1. The molecule has 0 saturated carbocycles. The van der Waals surface area contributed by atoms with Crippen molar-refractivity contribution in [3.8, 4) is 0 Å². The molecule has 0 aliphatic carbocycles. The summed E-state index contributed by atoms with van der Waals surface area (Å²) in [5.41, 5.74) is 1.26. The molecule has 0 spiro atoms. The van der Waals surface area contributed by atoms with Crippen LogP contribution in [0.15, 0.2) is 48.5 Å². The molecule has 122 valence electrons. The molecule has 1 aromatic heterocycles. The van der Waals surface area contributed by atoms with Crippen LogP contribution in [-0.4, -0.2) is 18.1 Å². The first-order chi connectivity index (χ1) is 11.6. The van der Waals surface area contributed by atoms with Gasteiger partial charge in [0.25, 0.3) is 0 Å². The monoisotopic (exact) mass is 328 g/mol. The first-order valence-electron chi connectivity index (χ1n) is 7.25. The predicted octanol–water partition coefficient (Wildman–Crippen LogP) is 3.97. The molecule has 6 heteroatoms. The molecule has 0 saturated heterocycles. The first kappa shape index (κ1) is 15.9. The molecule has 0 aliphatic rings. The van der Waals surface area contributed by atoms with E-state index in [0.717, 1.165) is 0 Å². The van der Waals surface area contributed by atoms with Crippen molar-refractivity contribution >= 4 is 28.2 Å². The molecule has 3 rings (SSSR count). The van der Waals surface area contributed by atoms with Crippen LogP contribution in [0.4, 0.5) is 20.2 Å². The fraction of sp³-hybridized carbons (Fsp3) is 0.111. The summed E-state index contributed by atoms with van der Waals surface area (Å²) in [6.07, 6.45) is -0.0320. The Kier molecular flexibility index (Phi) is 4.37. The number of ether oxygens (including phenoxy) is 1. The van der Waals surface area contributed by atoms with Crippen LogP contribution in [0.1, 0.15) is 5.69 Å². The number of nitrogens with one attached hydrogen (secondary N) is 1. The number of carbonyl (C=O) groups is 1. The number of methoxy groups -OCH3 is 1. The van der Waals surface area contributed by atoms with E-state index >= 15 is 0 Å². The van der Waals surface area contributed by atoms with E-state index in [0.29, 0.717) is 22.3 Å². The normalized spacial score (nSPS) is 10.6. The lowest BCUT2D eigenvalue weighted by atomic mass is 10.1. The fourth-order valence-electron chi connectivity index (χ4n) is 2.40. The van der Waals surface area contributed by atoms with E-state index in [4.69, 9.17) is 0 Å². The molecule has 0 atom stereocenters. The minimum Gasteiger partial charge on any atom is -0.469 e. The van der Waals surface area contributed by atoms with Crippen LogP contribution in [-0.2, 0) is 16.0 Å². The van der Waals surface area contributed by atoms with E-state index in [1.54, 1.807) is 30.3 Å². The molecule has 0 unspecified atom stereocenters. The summed E-state index contributed by atoms with van der Waals surface area (Å²) < 4.78 is 32.5. The van der Waals surface area contributed by atoms with Gasteiger partial charge in [0.2, 0.25) is 0 Å². The molecule has 3 aromatic rings. The van der Waals surface area contributed by atoms with E-state index in [9.17, 15) is 13.6 Å². The van der Waals surface area contributed by atoms with Gasteiger partial charge in [-0.2, -0.15) is 0 Å². The van der Waals surface area contributed by atoms with Gasteiger partial charge in [0, 0.05) is 11.1 Å². The molecule has 24 heavy (non-hydrogen) atoms. The topological polar surface area (TPSA) is 51.2 Å². The Hall–Kier alpha value is -3.02. The van der Waals surface area contributed by atoms with Gasteiger partial charge in [-0.15, -0.1) is 0 Å². The Bertz CT molecular complexity index is 892. The maximum atomic E-state index is 13.9. The molecule has 0 fully saturated rings. The van der Waals surface area contributed by atoms with E-state index in [1.807, 2.05) is 0 Å². The van der Waals surface area contributed by atoms with Crippen molar-refractivity contribution < 1.29 is 18.3 Å². The summed E-state index contributed by atoms with van der Waals surface area (Å²) in [4.78, 5) is 15.9. The number of hydrogen-bond donors (Lipinski definition) is 1. The Morgan fingerprint density at radius 3 is 2.54 bits per heavy atom. The Morgan fingerprint density at radius 1 is 1.12 bits per heavy atom. The third-order valence-electron chi connectivity index (χ3n) is 3.54. The second-order valence-corrected chi connectivity index (χ2v) is 5.15. The number of pyridine rings is 1. The lowest BCUT2D eigenvalue weighted by molar-refractivity contribution is -0.139. The fourth-order valence-corrected chi connectivity index (χ4v) is 2.40. The molecule has 0 radical (unpaired) electrons. The van der Waals surface area contributed by atoms with Crippen LogP contribution in [0.5, 0.6) is 0 Å². The van der Waals surface area contributed by atoms with Gasteiger partial charge in [0.05, 0.1) is 24.7 Å². The molecule has 4 nitrogen and oxygen atoms in total. The van der Waals surface area contributed by atoms with Crippen molar-refractivity contribution in [3.63, 3.8) is 0 Å². The van der Waals surface area contributed by atoms with E-state index in [2.05, 4.69) is 15.0 Å². The zero-order valence-corrected chi connectivity index (χ0v) is 12.8. The summed E-state index contributed by atoms with van der Waals surface area (Å²) in [6, 6.07) is 12.4. The Balaban J connectivity index is 2.10. The first-order valence-corrected chi connectivity index (χ1v) is 7.25. The number of carbonyl (C=O) groups excluding carboxylic acids is 1. The standard InChI is InChI=1S/C18H14F2N2O2/c1-24-17(23)10-11-9-16(12-5-2-3-8-15(12)21-11)22-18-13(19)6-4-7-14(18)20/h2-9H,10H2,1H3,(H,21,22). The summed E-state index contributed by atoms with van der Waals surface area (Å²) >= 11 is 0. The van der Waals surface area contributed by atoms with Gasteiger partial charge in [-0.05, 0) is 24.3 Å². The van der Waals surface area contributed by atoms with Crippen LogP contribution in [0.3, 0.4) is 0 Å². The predicted molar refractivity (Wildman–Crippen MR) is 87.1 cm³/mol. The van der Waals surface area contributed by atoms with Crippen LogP contribution in [0.2, 0.25) is 0 Å². The molecular formula is C18H14F2N2O2. The average Bonchev–Trinajstić information content (AvgIpc) is 2.58. The van der Waals surface area contributed by atoms with Crippen molar-refractivity contribution in [2.24, 2.45) is 0 Å². The highest BCUT2D eigenvalue weighted by Gasteiger charge is 2.13. The van der Waals surface area contributed by atoms with Crippen molar-refractivity contribution in [3.05, 3.63) is 65.9 Å². The zero-order valence-electron chi connectivity index (χ0n) is 12.8. The number of anilines is 2. The lowest BCUT2D eigenvalue weighted by Crippen LogP contribution is -2.07. The lowest BCUT2D eigenvalue weighted by Gasteiger charge is -2.13. The largest absolute Gasteiger partial charge is 0.469 e. The SMILES string of the molecule is COC(=O)Cc1cc(Nc2c(F)cccc2F)c2ccccc2n1. The summed E-state index contributed by atoms with van der Waals surface area (Å²) in [7, 11) is 1.29. The highest BCUT2D eigenvalue weighted by atomic mass is 19.1. The van der Waals surface area contributed by atoms with E-state index in [-0.39, 0.29) is 12.1 Å². The molecule has 0 bridgehead atoms. The van der Waals surface area contributed by atoms with Gasteiger partial charge in [0.1, 0.15) is 17.3 Å². The van der Waals surface area contributed by atoms with Gasteiger partial charge >= 0.3 is 5.97 Å². The zero-order chi connectivity index (χ0) is 17.1. The van der Waals surface area contributed by atoms with Crippen LogP contribution in [0.25, 0.3) is 10.9 Å². The van der Waals surface area contributed by atoms with Gasteiger partial charge in [0.15, 0.2) is 0 Å². The maximum Gasteiger partial charge on any atom is 0.311 e. The molecule has 1 heterocycles. The number of fused-ring (bicyclic) bond motifs is 1. The quantitative estimate of drug-likeness (QED) is 0.736. The highest BCUT2D eigenvalue weighted by molar-refractivity contribution is 5.93. The number of benzene rings is 2. The molecule has 0 amide bonds. The molecular weight excluding hydrogens is 314 g/mol. The van der Waals surface area contributed by atoms with Gasteiger partial charge < -0.3 is 10.1 Å². The molecule has 0 aliphatic heterocycles. The van der Waals surface area contributed by atoms with Crippen LogP contribution >= 0.6 is 0 Å². The third-order valence-corrected chi connectivity index (χ3v) is 3.54. The average molecular weight is 328 g/mol. The summed E-state index contributed by atoms with van der Waals surface area (Å²) in [5, 5.41) is 3.46.